The highest BCUT2D eigenvalue weighted by Crippen LogP contribution is 2.28. The van der Waals surface area contributed by atoms with E-state index < -0.39 is 5.82 Å². The number of rotatable bonds is 8. The van der Waals surface area contributed by atoms with Crippen LogP contribution in [-0.4, -0.2) is 62.6 Å². The summed E-state index contributed by atoms with van der Waals surface area (Å²) in [6.45, 7) is 14.0. The first kappa shape index (κ1) is 26.5. The second kappa shape index (κ2) is 11.2. The quantitative estimate of drug-likeness (QED) is 0.411. The maximum atomic E-state index is 14.9. The average Bonchev–Trinajstić information content (AvgIpc) is 3.16. The van der Waals surface area contributed by atoms with Crippen LogP contribution in [0.5, 0.6) is 0 Å². The minimum atomic E-state index is -0.431. The lowest BCUT2D eigenvalue weighted by atomic mass is 10.0. The fraction of sp³-hybridized carbons (Fsp3) is 0.429. The van der Waals surface area contributed by atoms with Gasteiger partial charge in [-0.2, -0.15) is 0 Å². The molecule has 3 aromatic rings. The molecule has 0 radical (unpaired) electrons. The van der Waals surface area contributed by atoms with Crippen molar-refractivity contribution < 1.29 is 4.39 Å². The van der Waals surface area contributed by atoms with E-state index in [9.17, 15) is 4.39 Å². The van der Waals surface area contributed by atoms with Gasteiger partial charge in [-0.3, -0.25) is 0 Å². The molecule has 0 saturated carbocycles. The molecule has 0 aromatic carbocycles. The predicted octanol–water partition coefficient (Wildman–Crippen LogP) is 5.41. The normalized spacial score (nSPS) is 15.1. The molecule has 0 amide bonds. The van der Waals surface area contributed by atoms with Crippen molar-refractivity contribution in [2.45, 2.75) is 52.6 Å². The number of piperidine rings is 1. The van der Waals surface area contributed by atoms with Gasteiger partial charge in [-0.1, -0.05) is 12.7 Å². The number of nitrogens with one attached hydrogen (secondary N) is 1. The lowest BCUT2D eigenvalue weighted by Gasteiger charge is -2.36. The summed E-state index contributed by atoms with van der Waals surface area (Å²) in [5, 5.41) is 3.11. The molecule has 196 valence electrons. The average molecular weight is 505 g/mol. The standard InChI is InChI=1S/C28H37FN8/c1-8-21(13-26-19(4)33-20(5)37(26)18(2)3)24-14-27(30-17-25(24)29)34-28-31-15-23(16-32-28)36-11-9-22(10-12-36)35(6)7/h8,13-18,22H,1,9-12H2,2-7H3,(H,30,31,32,34)/b21-13+. The van der Waals surface area contributed by atoms with Crippen molar-refractivity contribution >= 4 is 29.1 Å². The predicted molar refractivity (Wildman–Crippen MR) is 149 cm³/mol. The Labute approximate surface area is 219 Å². The number of aryl methyl sites for hydroxylation is 2. The topological polar surface area (TPSA) is 75.0 Å². The first-order valence-electron chi connectivity index (χ1n) is 12.7. The van der Waals surface area contributed by atoms with Crippen molar-refractivity contribution in [2.24, 2.45) is 0 Å². The molecule has 1 aliphatic rings. The number of halogens is 1. The van der Waals surface area contributed by atoms with Crippen LogP contribution in [0.1, 0.15) is 55.5 Å². The number of imidazole rings is 1. The van der Waals surface area contributed by atoms with Crippen LogP contribution in [0.3, 0.4) is 0 Å². The van der Waals surface area contributed by atoms with Crippen LogP contribution in [0.4, 0.5) is 21.8 Å². The SMILES string of the molecule is C=C/C(=C\c1c(C)nc(C)n1C(C)C)c1cc(Nc2ncc(N3CCC(N(C)C)CC3)cn2)ncc1F. The van der Waals surface area contributed by atoms with Crippen molar-refractivity contribution in [3.05, 3.63) is 65.9 Å². The molecule has 0 aliphatic carbocycles. The Morgan fingerprint density at radius 2 is 1.81 bits per heavy atom. The largest absolute Gasteiger partial charge is 0.369 e. The minimum Gasteiger partial charge on any atom is -0.369 e. The number of hydrogen-bond donors (Lipinski definition) is 1. The second-order valence-corrected chi connectivity index (χ2v) is 10.0. The third-order valence-corrected chi connectivity index (χ3v) is 6.94. The Morgan fingerprint density at radius 1 is 1.14 bits per heavy atom. The lowest BCUT2D eigenvalue weighted by Crippen LogP contribution is -2.42. The molecular weight excluding hydrogens is 467 g/mol. The molecule has 37 heavy (non-hydrogen) atoms. The molecule has 1 N–H and O–H groups in total. The van der Waals surface area contributed by atoms with Gasteiger partial charge in [0.15, 0.2) is 0 Å². The summed E-state index contributed by atoms with van der Waals surface area (Å²) in [4.78, 5) is 22.4. The van der Waals surface area contributed by atoms with E-state index in [4.69, 9.17) is 0 Å². The Kier molecular flexibility index (Phi) is 8.02. The van der Waals surface area contributed by atoms with Crippen LogP contribution in [0, 0.1) is 19.7 Å². The zero-order chi connectivity index (χ0) is 26.7. The Bertz CT molecular complexity index is 1270. The monoisotopic (exact) mass is 504 g/mol. The summed E-state index contributed by atoms with van der Waals surface area (Å²) in [5.41, 5.74) is 3.85. The van der Waals surface area contributed by atoms with Gasteiger partial charge in [0.05, 0.1) is 35.7 Å². The zero-order valence-electron chi connectivity index (χ0n) is 22.7. The van der Waals surface area contributed by atoms with Crippen LogP contribution >= 0.6 is 0 Å². The number of aromatic nitrogens is 5. The van der Waals surface area contributed by atoms with Gasteiger partial charge in [-0.15, -0.1) is 0 Å². The fourth-order valence-electron chi connectivity index (χ4n) is 4.95. The smallest absolute Gasteiger partial charge is 0.228 e. The highest BCUT2D eigenvalue weighted by molar-refractivity contribution is 5.88. The summed E-state index contributed by atoms with van der Waals surface area (Å²) in [6.07, 6.45) is 10.7. The van der Waals surface area contributed by atoms with E-state index >= 15 is 0 Å². The molecule has 0 unspecified atom stereocenters. The van der Waals surface area contributed by atoms with Crippen LogP contribution in [-0.2, 0) is 0 Å². The molecule has 1 aliphatic heterocycles. The molecule has 3 aromatic heterocycles. The molecule has 0 spiro atoms. The maximum Gasteiger partial charge on any atom is 0.228 e. The van der Waals surface area contributed by atoms with E-state index in [1.165, 1.54) is 6.20 Å². The van der Waals surface area contributed by atoms with Crippen molar-refractivity contribution in [3.8, 4) is 0 Å². The van der Waals surface area contributed by atoms with E-state index in [0.29, 0.717) is 28.9 Å². The third-order valence-electron chi connectivity index (χ3n) is 6.94. The first-order valence-corrected chi connectivity index (χ1v) is 12.7. The number of anilines is 3. The van der Waals surface area contributed by atoms with Crippen molar-refractivity contribution in [2.75, 3.05) is 37.4 Å². The molecule has 1 saturated heterocycles. The summed E-state index contributed by atoms with van der Waals surface area (Å²) >= 11 is 0. The van der Waals surface area contributed by atoms with E-state index in [1.807, 2.05) is 32.3 Å². The molecule has 1 fully saturated rings. The lowest BCUT2D eigenvalue weighted by molar-refractivity contribution is 0.249. The van der Waals surface area contributed by atoms with Crippen LogP contribution in [0.25, 0.3) is 11.6 Å². The Hall–Kier alpha value is -3.59. The van der Waals surface area contributed by atoms with Gasteiger partial charge in [0, 0.05) is 30.7 Å². The van der Waals surface area contributed by atoms with Crippen LogP contribution in [0.2, 0.25) is 0 Å². The van der Waals surface area contributed by atoms with Crippen molar-refractivity contribution in [1.82, 2.24) is 29.4 Å². The molecule has 0 atom stereocenters. The Balaban J connectivity index is 1.54. The van der Waals surface area contributed by atoms with Gasteiger partial charge in [-0.05, 0) is 72.3 Å². The van der Waals surface area contributed by atoms with Crippen LogP contribution < -0.4 is 10.2 Å². The van der Waals surface area contributed by atoms with Crippen LogP contribution in [0.15, 0.2) is 37.3 Å². The molecule has 8 nitrogen and oxygen atoms in total. The molecule has 9 heteroatoms. The minimum absolute atomic E-state index is 0.220. The van der Waals surface area contributed by atoms with Gasteiger partial charge in [0.25, 0.3) is 0 Å². The summed E-state index contributed by atoms with van der Waals surface area (Å²) in [6, 6.07) is 2.49. The van der Waals surface area contributed by atoms with E-state index in [2.05, 4.69) is 74.1 Å². The maximum absolute atomic E-state index is 14.9. The van der Waals surface area contributed by atoms with E-state index in [-0.39, 0.29) is 6.04 Å². The van der Waals surface area contributed by atoms with Crippen molar-refractivity contribution in [3.63, 3.8) is 0 Å². The molecule has 4 rings (SSSR count). The number of hydrogen-bond acceptors (Lipinski definition) is 7. The summed E-state index contributed by atoms with van der Waals surface area (Å²) < 4.78 is 17.0. The van der Waals surface area contributed by atoms with Gasteiger partial charge in [-0.25, -0.2) is 24.3 Å². The number of allylic oxidation sites excluding steroid dienone is 2. The summed E-state index contributed by atoms with van der Waals surface area (Å²) in [5.74, 6) is 1.35. The van der Waals surface area contributed by atoms with Gasteiger partial charge in [0.1, 0.15) is 17.5 Å². The van der Waals surface area contributed by atoms with E-state index in [0.717, 1.165) is 48.8 Å². The molecule has 0 bridgehead atoms. The fourth-order valence-corrected chi connectivity index (χ4v) is 4.95. The van der Waals surface area contributed by atoms with Gasteiger partial charge < -0.3 is 19.7 Å². The Morgan fingerprint density at radius 3 is 2.41 bits per heavy atom. The summed E-state index contributed by atoms with van der Waals surface area (Å²) in [7, 11) is 4.27. The van der Waals surface area contributed by atoms with Gasteiger partial charge in [0.2, 0.25) is 5.95 Å². The third kappa shape index (κ3) is 5.88. The highest BCUT2D eigenvalue weighted by atomic mass is 19.1. The number of pyridine rings is 1. The zero-order valence-corrected chi connectivity index (χ0v) is 22.7. The van der Waals surface area contributed by atoms with E-state index in [1.54, 1.807) is 12.1 Å². The second-order valence-electron chi connectivity index (χ2n) is 10.0. The van der Waals surface area contributed by atoms with Crippen molar-refractivity contribution in [1.29, 1.82) is 0 Å². The number of nitrogens with zero attached hydrogens (tertiary/aromatic N) is 7. The van der Waals surface area contributed by atoms with Gasteiger partial charge >= 0.3 is 0 Å². The first-order chi connectivity index (χ1) is 17.7. The molecule has 4 heterocycles. The highest BCUT2D eigenvalue weighted by Gasteiger charge is 2.21. The molecular formula is C28H37FN8.